The third kappa shape index (κ3) is 3.85. The van der Waals surface area contributed by atoms with Crippen LogP contribution in [0.15, 0.2) is 28.2 Å². The third-order valence-corrected chi connectivity index (χ3v) is 4.26. The summed E-state index contributed by atoms with van der Waals surface area (Å²) in [5.41, 5.74) is 1.08. The van der Waals surface area contributed by atoms with Gasteiger partial charge in [-0.15, -0.1) is 11.3 Å². The number of nitrogens with zero attached hydrogens (tertiary/aromatic N) is 1. The lowest BCUT2D eigenvalue weighted by molar-refractivity contribution is 1.01. The molecule has 0 bridgehead atoms. The maximum atomic E-state index is 6.08. The van der Waals surface area contributed by atoms with Gasteiger partial charge in [-0.1, -0.05) is 29.3 Å². The van der Waals surface area contributed by atoms with Crippen LogP contribution in [0.4, 0.5) is 5.13 Å². The number of nitrogens with one attached hydrogen (secondary N) is 1. The third-order valence-electron chi connectivity index (χ3n) is 2.16. The van der Waals surface area contributed by atoms with Crippen LogP contribution in [0, 0.1) is 0 Å². The first-order valence-electron chi connectivity index (χ1n) is 4.94. The predicted molar refractivity (Wildman–Crippen MR) is 78.5 cm³/mol. The zero-order valence-corrected chi connectivity index (χ0v) is 12.6. The van der Waals surface area contributed by atoms with Gasteiger partial charge in [0.2, 0.25) is 0 Å². The quantitative estimate of drug-likeness (QED) is 0.850. The molecular weight excluding hydrogens is 343 g/mol. The summed E-state index contributed by atoms with van der Waals surface area (Å²) >= 11 is 16.8. The number of halogens is 3. The van der Waals surface area contributed by atoms with Gasteiger partial charge in [-0.2, -0.15) is 0 Å². The second-order valence-corrected chi connectivity index (χ2v) is 5.90. The van der Waals surface area contributed by atoms with Crippen LogP contribution in [0.3, 0.4) is 0 Å². The molecule has 0 saturated heterocycles. The molecule has 0 spiro atoms. The summed E-state index contributed by atoms with van der Waals surface area (Å²) in [6.07, 6.45) is 0.840. The summed E-state index contributed by atoms with van der Waals surface area (Å²) in [6.45, 7) is 0.793. The van der Waals surface area contributed by atoms with E-state index >= 15 is 0 Å². The molecule has 6 heteroatoms. The Labute approximate surface area is 122 Å². The molecule has 0 aliphatic carbocycles. The van der Waals surface area contributed by atoms with Crippen LogP contribution >= 0.6 is 50.5 Å². The van der Waals surface area contributed by atoms with Gasteiger partial charge in [0.05, 0.1) is 0 Å². The number of anilines is 1. The fraction of sp³-hybridized carbons (Fsp3) is 0.182. The van der Waals surface area contributed by atoms with E-state index in [1.807, 2.05) is 17.5 Å². The van der Waals surface area contributed by atoms with Crippen molar-refractivity contribution in [1.29, 1.82) is 0 Å². The fourth-order valence-electron chi connectivity index (χ4n) is 1.36. The van der Waals surface area contributed by atoms with E-state index in [4.69, 9.17) is 23.2 Å². The summed E-state index contributed by atoms with van der Waals surface area (Å²) in [5, 5.41) is 7.46. The molecule has 2 nitrogen and oxygen atoms in total. The first-order valence-corrected chi connectivity index (χ1v) is 7.37. The van der Waals surface area contributed by atoms with Gasteiger partial charge in [-0.25, -0.2) is 4.98 Å². The number of hydrogen-bond donors (Lipinski definition) is 1. The molecule has 0 atom stereocenters. The largest absolute Gasteiger partial charge is 0.361 e. The minimum absolute atomic E-state index is 0.663. The average molecular weight is 352 g/mol. The molecular formula is C11H9BrCl2N2S. The van der Waals surface area contributed by atoms with Crippen molar-refractivity contribution in [1.82, 2.24) is 4.98 Å². The van der Waals surface area contributed by atoms with Gasteiger partial charge >= 0.3 is 0 Å². The van der Waals surface area contributed by atoms with E-state index in [0.717, 1.165) is 28.3 Å². The lowest BCUT2D eigenvalue weighted by atomic mass is 10.1. The molecule has 2 rings (SSSR count). The molecule has 0 unspecified atom stereocenters. The Hall–Kier alpha value is -0.290. The van der Waals surface area contributed by atoms with Crippen LogP contribution in [0.2, 0.25) is 10.0 Å². The Bertz CT molecular complexity index is 516. The van der Waals surface area contributed by atoms with Gasteiger partial charge < -0.3 is 5.32 Å². The standard InChI is InChI=1S/C11H9BrCl2N2S/c12-10-6-17-11(16-10)15-4-3-7-1-2-8(13)5-9(7)14/h1-2,5-6H,3-4H2,(H,15,16). The van der Waals surface area contributed by atoms with Gasteiger partial charge in [0, 0.05) is 22.0 Å². The van der Waals surface area contributed by atoms with Gasteiger partial charge in [0.15, 0.2) is 5.13 Å². The zero-order chi connectivity index (χ0) is 12.3. The van der Waals surface area contributed by atoms with Crippen molar-refractivity contribution >= 4 is 55.6 Å². The lowest BCUT2D eigenvalue weighted by Crippen LogP contribution is -2.04. The molecule has 0 radical (unpaired) electrons. The van der Waals surface area contributed by atoms with Crippen LogP contribution < -0.4 is 5.32 Å². The van der Waals surface area contributed by atoms with Crippen molar-refractivity contribution < 1.29 is 0 Å². The summed E-state index contributed by atoms with van der Waals surface area (Å²) in [7, 11) is 0. The summed E-state index contributed by atoms with van der Waals surface area (Å²) < 4.78 is 0.856. The maximum Gasteiger partial charge on any atom is 0.183 e. The first-order chi connectivity index (χ1) is 8.15. The summed E-state index contributed by atoms with van der Waals surface area (Å²) in [6, 6.07) is 5.56. The van der Waals surface area contributed by atoms with E-state index in [0.29, 0.717) is 10.0 Å². The smallest absolute Gasteiger partial charge is 0.183 e. The molecule has 90 valence electrons. The molecule has 1 N–H and O–H groups in total. The topological polar surface area (TPSA) is 24.9 Å². The van der Waals surface area contributed by atoms with Crippen LogP contribution in [-0.2, 0) is 6.42 Å². The van der Waals surface area contributed by atoms with Gasteiger partial charge in [0.25, 0.3) is 0 Å². The van der Waals surface area contributed by atoms with Crippen molar-refractivity contribution in [2.24, 2.45) is 0 Å². The number of thiazole rings is 1. The normalized spacial score (nSPS) is 10.5. The second kappa shape index (κ2) is 6.05. The van der Waals surface area contributed by atoms with E-state index in [1.165, 1.54) is 0 Å². The number of aromatic nitrogens is 1. The highest BCUT2D eigenvalue weighted by molar-refractivity contribution is 9.10. The summed E-state index contributed by atoms with van der Waals surface area (Å²) in [4.78, 5) is 4.25. The minimum atomic E-state index is 0.663. The van der Waals surface area contributed by atoms with Crippen molar-refractivity contribution in [2.45, 2.75) is 6.42 Å². The minimum Gasteiger partial charge on any atom is -0.361 e. The van der Waals surface area contributed by atoms with Crippen molar-refractivity contribution in [3.63, 3.8) is 0 Å². The van der Waals surface area contributed by atoms with Crippen molar-refractivity contribution in [3.05, 3.63) is 43.8 Å². The van der Waals surface area contributed by atoms with Crippen LogP contribution in [0.5, 0.6) is 0 Å². The van der Waals surface area contributed by atoms with E-state index in [2.05, 4.69) is 26.2 Å². The van der Waals surface area contributed by atoms with Crippen LogP contribution in [0.25, 0.3) is 0 Å². The first kappa shape index (κ1) is 13.1. The Morgan fingerprint density at radius 3 is 2.82 bits per heavy atom. The monoisotopic (exact) mass is 350 g/mol. The van der Waals surface area contributed by atoms with Crippen molar-refractivity contribution in [2.75, 3.05) is 11.9 Å². The second-order valence-electron chi connectivity index (χ2n) is 3.39. The molecule has 1 heterocycles. The highest BCUT2D eigenvalue weighted by atomic mass is 79.9. The predicted octanol–water partition coefficient (Wildman–Crippen LogP) is 4.87. The van der Waals surface area contributed by atoms with Crippen LogP contribution in [0.1, 0.15) is 5.56 Å². The number of benzene rings is 1. The molecule has 1 aromatic heterocycles. The maximum absolute atomic E-state index is 6.08. The van der Waals surface area contributed by atoms with Crippen molar-refractivity contribution in [3.8, 4) is 0 Å². The molecule has 1 aromatic carbocycles. The van der Waals surface area contributed by atoms with Gasteiger partial charge in [-0.05, 0) is 40.0 Å². The Morgan fingerprint density at radius 2 is 2.18 bits per heavy atom. The highest BCUT2D eigenvalue weighted by Crippen LogP contribution is 2.22. The van der Waals surface area contributed by atoms with E-state index < -0.39 is 0 Å². The molecule has 0 fully saturated rings. The Kier molecular flexibility index (Phi) is 4.68. The average Bonchev–Trinajstić information content (AvgIpc) is 2.68. The Balaban J connectivity index is 1.90. The van der Waals surface area contributed by atoms with Crippen LogP contribution in [-0.4, -0.2) is 11.5 Å². The SMILES string of the molecule is Clc1ccc(CCNc2nc(Br)cs2)c(Cl)c1. The fourth-order valence-corrected chi connectivity index (χ4v) is 3.04. The molecule has 2 aromatic rings. The molecule has 0 amide bonds. The molecule has 0 aliphatic heterocycles. The highest BCUT2D eigenvalue weighted by Gasteiger charge is 2.02. The Morgan fingerprint density at radius 1 is 1.35 bits per heavy atom. The van der Waals surface area contributed by atoms with Gasteiger partial charge in [-0.3, -0.25) is 0 Å². The number of rotatable bonds is 4. The zero-order valence-electron chi connectivity index (χ0n) is 8.71. The molecule has 0 aliphatic rings. The van der Waals surface area contributed by atoms with E-state index in [-0.39, 0.29) is 0 Å². The molecule has 0 saturated carbocycles. The van der Waals surface area contributed by atoms with E-state index in [1.54, 1.807) is 17.4 Å². The number of hydrogen-bond acceptors (Lipinski definition) is 3. The summed E-state index contributed by atoms with van der Waals surface area (Å²) in [5.74, 6) is 0. The lowest BCUT2D eigenvalue weighted by Gasteiger charge is -2.05. The van der Waals surface area contributed by atoms with E-state index in [9.17, 15) is 0 Å². The molecule has 17 heavy (non-hydrogen) atoms. The van der Waals surface area contributed by atoms with Gasteiger partial charge in [0.1, 0.15) is 4.60 Å².